The van der Waals surface area contributed by atoms with Crippen LogP contribution in [0.2, 0.25) is 5.02 Å². The minimum atomic E-state index is -0.481. The largest absolute Gasteiger partial charge is 0.379 e. The van der Waals surface area contributed by atoms with Gasteiger partial charge in [-0.25, -0.2) is 0 Å². The summed E-state index contributed by atoms with van der Waals surface area (Å²) in [5.74, 6) is 0. The Morgan fingerprint density at radius 2 is 2.36 bits per heavy atom. The van der Waals surface area contributed by atoms with E-state index in [2.05, 4.69) is 6.07 Å². The summed E-state index contributed by atoms with van der Waals surface area (Å²) in [5, 5.41) is 9.86. The minimum Gasteiger partial charge on any atom is -0.379 e. The van der Waals surface area contributed by atoms with Crippen LogP contribution in [0.4, 0.5) is 0 Å². The van der Waals surface area contributed by atoms with E-state index in [1.165, 1.54) is 0 Å². The van der Waals surface area contributed by atoms with Crippen LogP contribution in [-0.2, 0) is 10.2 Å². The van der Waals surface area contributed by atoms with E-state index in [1.807, 2.05) is 24.3 Å². The SMILES string of the molecule is N#CC1(c2cccc(Cl)c2)CCOC1. The maximum atomic E-state index is 9.19. The number of hydrogen-bond donors (Lipinski definition) is 0. The molecule has 0 saturated carbocycles. The first-order valence-electron chi connectivity index (χ1n) is 4.52. The van der Waals surface area contributed by atoms with Gasteiger partial charge in [-0.05, 0) is 24.1 Å². The normalized spacial score (nSPS) is 26.0. The van der Waals surface area contributed by atoms with Crippen LogP contribution in [0, 0.1) is 11.3 Å². The lowest BCUT2D eigenvalue weighted by Gasteiger charge is -2.18. The number of nitriles is 1. The highest BCUT2D eigenvalue weighted by Crippen LogP contribution is 2.33. The van der Waals surface area contributed by atoms with Crippen molar-refractivity contribution in [2.45, 2.75) is 11.8 Å². The molecule has 0 bridgehead atoms. The average molecular weight is 208 g/mol. The Balaban J connectivity index is 2.42. The fourth-order valence-corrected chi connectivity index (χ4v) is 1.92. The molecule has 0 spiro atoms. The van der Waals surface area contributed by atoms with Crippen molar-refractivity contribution < 1.29 is 4.74 Å². The topological polar surface area (TPSA) is 33.0 Å². The summed E-state index contributed by atoms with van der Waals surface area (Å²) in [6, 6.07) is 9.80. The molecule has 0 aliphatic carbocycles. The number of benzene rings is 1. The quantitative estimate of drug-likeness (QED) is 0.709. The molecule has 2 rings (SSSR count). The third-order valence-electron chi connectivity index (χ3n) is 2.61. The number of nitrogens with zero attached hydrogens (tertiary/aromatic N) is 1. The molecule has 1 heterocycles. The molecular formula is C11H10ClNO. The first-order valence-corrected chi connectivity index (χ1v) is 4.90. The third-order valence-corrected chi connectivity index (χ3v) is 2.85. The summed E-state index contributed by atoms with van der Waals surface area (Å²) < 4.78 is 5.28. The van der Waals surface area contributed by atoms with E-state index < -0.39 is 5.41 Å². The monoisotopic (exact) mass is 207 g/mol. The van der Waals surface area contributed by atoms with Gasteiger partial charge >= 0.3 is 0 Å². The molecule has 0 amide bonds. The van der Waals surface area contributed by atoms with Crippen LogP contribution in [0.15, 0.2) is 24.3 Å². The zero-order chi connectivity index (χ0) is 10.0. The number of ether oxygens (including phenoxy) is 1. The first kappa shape index (κ1) is 9.51. The molecule has 72 valence electrons. The number of rotatable bonds is 1. The highest BCUT2D eigenvalue weighted by Gasteiger charge is 2.36. The zero-order valence-corrected chi connectivity index (χ0v) is 8.42. The average Bonchev–Trinajstić information content (AvgIpc) is 2.67. The van der Waals surface area contributed by atoms with Crippen molar-refractivity contribution in [3.8, 4) is 6.07 Å². The van der Waals surface area contributed by atoms with Crippen molar-refractivity contribution in [2.75, 3.05) is 13.2 Å². The Bertz CT molecular complexity index is 377. The van der Waals surface area contributed by atoms with Gasteiger partial charge in [0.05, 0.1) is 12.7 Å². The molecule has 1 aliphatic rings. The number of hydrogen-bond acceptors (Lipinski definition) is 2. The van der Waals surface area contributed by atoms with Crippen LogP contribution in [-0.4, -0.2) is 13.2 Å². The van der Waals surface area contributed by atoms with Gasteiger partial charge in [-0.3, -0.25) is 0 Å². The molecule has 14 heavy (non-hydrogen) atoms. The van der Waals surface area contributed by atoms with Gasteiger partial charge in [-0.15, -0.1) is 0 Å². The molecule has 0 radical (unpaired) electrons. The lowest BCUT2D eigenvalue weighted by atomic mass is 9.81. The maximum absolute atomic E-state index is 9.19. The van der Waals surface area contributed by atoms with Gasteiger partial charge in [0, 0.05) is 11.6 Å². The Morgan fingerprint density at radius 3 is 2.93 bits per heavy atom. The summed E-state index contributed by atoms with van der Waals surface area (Å²) in [6.07, 6.45) is 0.754. The fourth-order valence-electron chi connectivity index (χ4n) is 1.73. The predicted octanol–water partition coefficient (Wildman–Crippen LogP) is 2.52. The molecule has 1 fully saturated rings. The summed E-state index contributed by atoms with van der Waals surface area (Å²) in [4.78, 5) is 0. The fraction of sp³-hybridized carbons (Fsp3) is 0.364. The van der Waals surface area contributed by atoms with Gasteiger partial charge < -0.3 is 4.74 Å². The van der Waals surface area contributed by atoms with E-state index in [1.54, 1.807) is 0 Å². The Morgan fingerprint density at radius 1 is 1.50 bits per heavy atom. The summed E-state index contributed by atoms with van der Waals surface area (Å²) in [6.45, 7) is 1.13. The summed E-state index contributed by atoms with van der Waals surface area (Å²) >= 11 is 5.89. The molecule has 1 atom stereocenters. The predicted molar refractivity (Wildman–Crippen MR) is 54.2 cm³/mol. The van der Waals surface area contributed by atoms with Crippen LogP contribution in [0.25, 0.3) is 0 Å². The Hall–Kier alpha value is -1.04. The van der Waals surface area contributed by atoms with Gasteiger partial charge in [0.25, 0.3) is 0 Å². The first-order chi connectivity index (χ1) is 6.77. The second-order valence-corrected chi connectivity index (χ2v) is 3.94. The minimum absolute atomic E-state index is 0.476. The molecule has 1 aromatic carbocycles. The highest BCUT2D eigenvalue weighted by atomic mass is 35.5. The molecule has 1 aliphatic heterocycles. The third kappa shape index (κ3) is 1.50. The molecule has 3 heteroatoms. The summed E-state index contributed by atoms with van der Waals surface area (Å²) in [7, 11) is 0. The Kier molecular flexibility index (Phi) is 2.45. The smallest absolute Gasteiger partial charge is 0.108 e. The van der Waals surface area contributed by atoms with E-state index >= 15 is 0 Å². The second-order valence-electron chi connectivity index (χ2n) is 3.51. The standard InChI is InChI=1S/C11H10ClNO/c12-10-3-1-2-9(6-10)11(7-13)4-5-14-8-11/h1-3,6H,4-5,8H2. The van der Waals surface area contributed by atoms with E-state index in [0.29, 0.717) is 18.2 Å². The van der Waals surface area contributed by atoms with Crippen molar-refractivity contribution in [1.29, 1.82) is 5.26 Å². The van der Waals surface area contributed by atoms with Crippen LogP contribution in [0.5, 0.6) is 0 Å². The maximum Gasteiger partial charge on any atom is 0.108 e. The van der Waals surface area contributed by atoms with E-state index in [4.69, 9.17) is 16.3 Å². The van der Waals surface area contributed by atoms with E-state index in [0.717, 1.165) is 12.0 Å². The van der Waals surface area contributed by atoms with E-state index in [9.17, 15) is 5.26 Å². The van der Waals surface area contributed by atoms with Gasteiger partial charge in [0.1, 0.15) is 5.41 Å². The highest BCUT2D eigenvalue weighted by molar-refractivity contribution is 6.30. The van der Waals surface area contributed by atoms with Crippen molar-refractivity contribution in [1.82, 2.24) is 0 Å². The molecule has 0 N–H and O–H groups in total. The summed E-state index contributed by atoms with van der Waals surface area (Å²) in [5.41, 5.74) is 0.482. The van der Waals surface area contributed by atoms with Gasteiger partial charge in [0.15, 0.2) is 0 Å². The van der Waals surface area contributed by atoms with Crippen LogP contribution in [0.3, 0.4) is 0 Å². The van der Waals surface area contributed by atoms with Crippen molar-refractivity contribution in [2.24, 2.45) is 0 Å². The van der Waals surface area contributed by atoms with Gasteiger partial charge in [0.2, 0.25) is 0 Å². The van der Waals surface area contributed by atoms with Crippen LogP contribution < -0.4 is 0 Å². The second kappa shape index (κ2) is 3.61. The molecule has 0 aromatic heterocycles. The van der Waals surface area contributed by atoms with E-state index in [-0.39, 0.29) is 0 Å². The molecule has 1 saturated heterocycles. The molecule has 1 unspecified atom stereocenters. The Labute approximate surface area is 88.1 Å². The van der Waals surface area contributed by atoms with Crippen molar-refractivity contribution in [3.05, 3.63) is 34.9 Å². The van der Waals surface area contributed by atoms with Crippen LogP contribution in [0.1, 0.15) is 12.0 Å². The molecular weight excluding hydrogens is 198 g/mol. The molecule has 1 aromatic rings. The lowest BCUT2D eigenvalue weighted by Crippen LogP contribution is -2.23. The zero-order valence-electron chi connectivity index (χ0n) is 7.66. The van der Waals surface area contributed by atoms with Gasteiger partial charge in [-0.1, -0.05) is 23.7 Å². The van der Waals surface area contributed by atoms with Crippen molar-refractivity contribution in [3.63, 3.8) is 0 Å². The molecule has 2 nitrogen and oxygen atoms in total. The van der Waals surface area contributed by atoms with Gasteiger partial charge in [-0.2, -0.15) is 5.26 Å². The van der Waals surface area contributed by atoms with Crippen LogP contribution >= 0.6 is 11.6 Å². The lowest BCUT2D eigenvalue weighted by molar-refractivity contribution is 0.186. The van der Waals surface area contributed by atoms with Crippen molar-refractivity contribution >= 4 is 11.6 Å². The number of halogens is 1.